The summed E-state index contributed by atoms with van der Waals surface area (Å²) in [5, 5.41) is 18.4. The number of nitro benzene ring substituents is 1. The van der Waals surface area contributed by atoms with Gasteiger partial charge in [0.2, 0.25) is 0 Å². The van der Waals surface area contributed by atoms with E-state index < -0.39 is 0 Å². The summed E-state index contributed by atoms with van der Waals surface area (Å²) in [6.07, 6.45) is 2.73. The van der Waals surface area contributed by atoms with Crippen molar-refractivity contribution in [2.24, 2.45) is 7.05 Å². The van der Waals surface area contributed by atoms with Crippen LogP contribution in [0.4, 0.5) is 17.1 Å². The standard InChI is InChI=1S/C13H16N4O2/c1-4-11-12(8-16(3)15-11)14-10-5-6-13(17(18)19)9(2)7-10/h5-8,14H,4H2,1-3H3. The van der Waals surface area contributed by atoms with Gasteiger partial charge < -0.3 is 5.32 Å². The second-order valence-electron chi connectivity index (χ2n) is 4.40. The number of hydrogen-bond donors (Lipinski definition) is 1. The van der Waals surface area contributed by atoms with Crippen molar-refractivity contribution >= 4 is 17.1 Å². The number of rotatable bonds is 4. The van der Waals surface area contributed by atoms with Crippen LogP contribution >= 0.6 is 0 Å². The molecule has 6 heteroatoms. The normalized spacial score (nSPS) is 10.5. The first-order valence-corrected chi connectivity index (χ1v) is 6.06. The van der Waals surface area contributed by atoms with Gasteiger partial charge in [-0.15, -0.1) is 0 Å². The Labute approximate surface area is 111 Å². The van der Waals surface area contributed by atoms with Crippen molar-refractivity contribution in [3.8, 4) is 0 Å². The van der Waals surface area contributed by atoms with E-state index in [0.717, 1.165) is 23.5 Å². The van der Waals surface area contributed by atoms with Crippen LogP contribution in [0.25, 0.3) is 0 Å². The Morgan fingerprint density at radius 3 is 2.79 bits per heavy atom. The predicted molar refractivity (Wildman–Crippen MR) is 73.7 cm³/mol. The van der Waals surface area contributed by atoms with Crippen molar-refractivity contribution in [2.45, 2.75) is 20.3 Å². The number of benzene rings is 1. The molecule has 0 atom stereocenters. The Hall–Kier alpha value is -2.37. The number of anilines is 2. The third kappa shape index (κ3) is 2.73. The van der Waals surface area contributed by atoms with E-state index in [1.165, 1.54) is 6.07 Å². The second kappa shape index (κ2) is 5.09. The SMILES string of the molecule is CCc1nn(C)cc1Nc1ccc([N+](=O)[O-])c(C)c1. The predicted octanol–water partition coefficient (Wildman–Crippen LogP) is 2.94. The molecule has 2 rings (SSSR count). The first-order valence-electron chi connectivity index (χ1n) is 6.06. The Balaban J connectivity index is 2.28. The summed E-state index contributed by atoms with van der Waals surface area (Å²) in [7, 11) is 1.87. The zero-order chi connectivity index (χ0) is 14.0. The van der Waals surface area contributed by atoms with Gasteiger partial charge in [0.25, 0.3) is 5.69 Å². The highest BCUT2D eigenvalue weighted by atomic mass is 16.6. The molecule has 1 aromatic heterocycles. The quantitative estimate of drug-likeness (QED) is 0.677. The summed E-state index contributed by atoms with van der Waals surface area (Å²) in [5.41, 5.74) is 3.49. The molecule has 1 N–H and O–H groups in total. The maximum atomic E-state index is 10.8. The summed E-state index contributed by atoms with van der Waals surface area (Å²) in [6, 6.07) is 4.99. The molecular weight excluding hydrogens is 244 g/mol. The number of hydrogen-bond acceptors (Lipinski definition) is 4. The summed E-state index contributed by atoms with van der Waals surface area (Å²) in [6.45, 7) is 3.77. The number of nitro groups is 1. The van der Waals surface area contributed by atoms with Crippen molar-refractivity contribution in [2.75, 3.05) is 5.32 Å². The van der Waals surface area contributed by atoms with E-state index in [9.17, 15) is 10.1 Å². The molecule has 0 amide bonds. The van der Waals surface area contributed by atoms with E-state index in [-0.39, 0.29) is 10.6 Å². The van der Waals surface area contributed by atoms with Crippen LogP contribution in [0.2, 0.25) is 0 Å². The summed E-state index contributed by atoms with van der Waals surface area (Å²) in [4.78, 5) is 10.4. The Bertz CT molecular complexity index is 619. The van der Waals surface area contributed by atoms with Crippen LogP contribution < -0.4 is 5.32 Å². The van der Waals surface area contributed by atoms with Gasteiger partial charge in [-0.2, -0.15) is 5.10 Å². The number of aryl methyl sites for hydroxylation is 3. The fraction of sp³-hybridized carbons (Fsp3) is 0.308. The zero-order valence-corrected chi connectivity index (χ0v) is 11.2. The Morgan fingerprint density at radius 2 is 2.21 bits per heavy atom. The Morgan fingerprint density at radius 1 is 1.47 bits per heavy atom. The van der Waals surface area contributed by atoms with Crippen LogP contribution in [0.1, 0.15) is 18.2 Å². The van der Waals surface area contributed by atoms with Gasteiger partial charge in [0, 0.05) is 30.6 Å². The van der Waals surface area contributed by atoms with Gasteiger partial charge in [-0.05, 0) is 25.5 Å². The molecule has 1 heterocycles. The van der Waals surface area contributed by atoms with E-state index in [2.05, 4.69) is 10.4 Å². The van der Waals surface area contributed by atoms with Crippen molar-refractivity contribution in [3.05, 3.63) is 45.8 Å². The van der Waals surface area contributed by atoms with Crippen molar-refractivity contribution in [1.82, 2.24) is 9.78 Å². The fourth-order valence-electron chi connectivity index (χ4n) is 1.99. The number of nitrogens with zero attached hydrogens (tertiary/aromatic N) is 3. The lowest BCUT2D eigenvalue weighted by molar-refractivity contribution is -0.385. The van der Waals surface area contributed by atoms with E-state index in [0.29, 0.717) is 5.56 Å². The minimum atomic E-state index is -0.374. The van der Waals surface area contributed by atoms with E-state index in [1.54, 1.807) is 23.7 Å². The van der Waals surface area contributed by atoms with Gasteiger partial charge in [0.15, 0.2) is 0 Å². The second-order valence-corrected chi connectivity index (χ2v) is 4.40. The molecule has 0 fully saturated rings. The molecule has 0 spiro atoms. The maximum absolute atomic E-state index is 10.8. The molecule has 0 bridgehead atoms. The monoisotopic (exact) mass is 260 g/mol. The highest BCUT2D eigenvalue weighted by molar-refractivity contribution is 5.64. The topological polar surface area (TPSA) is 73.0 Å². The highest BCUT2D eigenvalue weighted by Crippen LogP contribution is 2.25. The molecule has 0 saturated heterocycles. The van der Waals surface area contributed by atoms with Crippen LogP contribution in [0.15, 0.2) is 24.4 Å². The lowest BCUT2D eigenvalue weighted by Gasteiger charge is -2.06. The van der Waals surface area contributed by atoms with Gasteiger partial charge in [0.1, 0.15) is 0 Å². The zero-order valence-electron chi connectivity index (χ0n) is 11.2. The van der Waals surface area contributed by atoms with Crippen LogP contribution in [-0.4, -0.2) is 14.7 Å². The minimum Gasteiger partial charge on any atom is -0.353 e. The molecule has 2 aromatic rings. The van der Waals surface area contributed by atoms with Gasteiger partial charge in [0.05, 0.1) is 16.3 Å². The molecule has 0 aliphatic heterocycles. The van der Waals surface area contributed by atoms with Gasteiger partial charge in [-0.25, -0.2) is 0 Å². The van der Waals surface area contributed by atoms with E-state index >= 15 is 0 Å². The average molecular weight is 260 g/mol. The Kier molecular flexibility index (Phi) is 3.50. The molecule has 0 unspecified atom stereocenters. The molecule has 0 radical (unpaired) electrons. The van der Waals surface area contributed by atoms with Crippen LogP contribution in [0, 0.1) is 17.0 Å². The number of aromatic nitrogens is 2. The van der Waals surface area contributed by atoms with E-state index in [4.69, 9.17) is 0 Å². The van der Waals surface area contributed by atoms with Crippen molar-refractivity contribution < 1.29 is 4.92 Å². The van der Waals surface area contributed by atoms with E-state index in [1.807, 2.05) is 20.2 Å². The molecular formula is C13H16N4O2. The smallest absolute Gasteiger partial charge is 0.272 e. The largest absolute Gasteiger partial charge is 0.353 e. The third-order valence-electron chi connectivity index (χ3n) is 2.91. The molecule has 100 valence electrons. The first kappa shape index (κ1) is 13.1. The fourth-order valence-corrected chi connectivity index (χ4v) is 1.99. The van der Waals surface area contributed by atoms with Gasteiger partial charge in [-0.1, -0.05) is 6.92 Å². The molecule has 0 saturated carbocycles. The van der Waals surface area contributed by atoms with Crippen molar-refractivity contribution in [3.63, 3.8) is 0 Å². The van der Waals surface area contributed by atoms with Crippen LogP contribution in [0.3, 0.4) is 0 Å². The average Bonchev–Trinajstić information content (AvgIpc) is 2.69. The molecule has 1 aromatic carbocycles. The molecule has 6 nitrogen and oxygen atoms in total. The summed E-state index contributed by atoms with van der Waals surface area (Å²) in [5.74, 6) is 0. The highest BCUT2D eigenvalue weighted by Gasteiger charge is 2.11. The lowest BCUT2D eigenvalue weighted by Crippen LogP contribution is -1.96. The van der Waals surface area contributed by atoms with Gasteiger partial charge >= 0.3 is 0 Å². The number of nitrogens with one attached hydrogen (secondary N) is 1. The van der Waals surface area contributed by atoms with Crippen LogP contribution in [0.5, 0.6) is 0 Å². The van der Waals surface area contributed by atoms with Crippen LogP contribution in [-0.2, 0) is 13.5 Å². The van der Waals surface area contributed by atoms with Gasteiger partial charge in [-0.3, -0.25) is 14.8 Å². The summed E-state index contributed by atoms with van der Waals surface area (Å²) >= 11 is 0. The first-order chi connectivity index (χ1) is 9.01. The summed E-state index contributed by atoms with van der Waals surface area (Å²) < 4.78 is 1.75. The molecule has 0 aliphatic rings. The maximum Gasteiger partial charge on any atom is 0.272 e. The lowest BCUT2D eigenvalue weighted by atomic mass is 10.1. The third-order valence-corrected chi connectivity index (χ3v) is 2.91. The minimum absolute atomic E-state index is 0.132. The molecule has 19 heavy (non-hydrogen) atoms. The van der Waals surface area contributed by atoms with Crippen molar-refractivity contribution in [1.29, 1.82) is 0 Å². The molecule has 0 aliphatic carbocycles.